The van der Waals surface area contributed by atoms with Crippen LogP contribution in [0.3, 0.4) is 0 Å². The van der Waals surface area contributed by atoms with Gasteiger partial charge in [0.05, 0.1) is 40.4 Å². The summed E-state index contributed by atoms with van der Waals surface area (Å²) in [6.07, 6.45) is -3.86. The van der Waals surface area contributed by atoms with E-state index in [1.165, 1.54) is 43.8 Å². The van der Waals surface area contributed by atoms with Crippen LogP contribution in [0.1, 0.15) is 82.5 Å². The number of furan rings is 1. The first-order chi connectivity index (χ1) is 24.3. The molecule has 2 aromatic heterocycles. The number of pyridine rings is 1. The average molecular weight is 730 g/mol. The van der Waals surface area contributed by atoms with Crippen LogP contribution in [0.25, 0.3) is 0 Å². The number of carbonyl (C=O) groups excluding carboxylic acids is 6. The minimum Gasteiger partial charge on any atom is -0.472 e. The predicted molar refractivity (Wildman–Crippen MR) is 173 cm³/mol. The Morgan fingerprint density at radius 3 is 2.06 bits per heavy atom. The minimum absolute atomic E-state index is 0.0499. The molecule has 16 heteroatoms. The fourth-order valence-corrected chi connectivity index (χ4v) is 8.24. The number of hydrogen-bond donors (Lipinski definition) is 1. The third-order valence-electron chi connectivity index (χ3n) is 10.0. The summed E-state index contributed by atoms with van der Waals surface area (Å²) in [5.74, 6) is -7.23. The Morgan fingerprint density at radius 1 is 0.865 bits per heavy atom. The van der Waals surface area contributed by atoms with Crippen molar-refractivity contribution < 1.29 is 71.4 Å². The quantitative estimate of drug-likeness (QED) is 0.275. The average Bonchev–Trinajstić information content (AvgIpc) is 3.65. The van der Waals surface area contributed by atoms with Crippen LogP contribution in [0.2, 0.25) is 0 Å². The van der Waals surface area contributed by atoms with E-state index < -0.39 is 113 Å². The van der Waals surface area contributed by atoms with Crippen LogP contribution < -0.4 is 0 Å². The van der Waals surface area contributed by atoms with Crippen LogP contribution in [-0.2, 0) is 52.3 Å². The van der Waals surface area contributed by atoms with Crippen LogP contribution >= 0.6 is 0 Å². The predicted octanol–water partition coefficient (Wildman–Crippen LogP) is 2.74. The molecule has 3 heterocycles. The lowest BCUT2D eigenvalue weighted by atomic mass is 9.45. The van der Waals surface area contributed by atoms with Gasteiger partial charge in [-0.25, -0.2) is 9.59 Å². The van der Waals surface area contributed by atoms with E-state index in [-0.39, 0.29) is 11.1 Å². The normalized spacial score (nSPS) is 32.9. The maximum Gasteiger partial charge on any atom is 0.341 e. The second-order valence-electron chi connectivity index (χ2n) is 14.4. The van der Waals surface area contributed by atoms with Crippen molar-refractivity contribution in [3.63, 3.8) is 0 Å². The molecule has 2 bridgehead atoms. The van der Waals surface area contributed by atoms with Gasteiger partial charge in [-0.05, 0) is 39.0 Å². The molecule has 0 aromatic carbocycles. The topological polar surface area (TPSA) is 213 Å². The molecule has 2 aliphatic carbocycles. The van der Waals surface area contributed by atoms with Gasteiger partial charge in [0.25, 0.3) is 0 Å². The molecule has 0 radical (unpaired) electrons. The van der Waals surface area contributed by atoms with E-state index in [1.54, 1.807) is 27.7 Å². The molecular weight excluding hydrogens is 686 g/mol. The zero-order chi connectivity index (χ0) is 38.4. The monoisotopic (exact) mass is 729 g/mol. The maximum absolute atomic E-state index is 14.0. The Hall–Kier alpha value is -4.83. The van der Waals surface area contributed by atoms with Crippen LogP contribution in [0.5, 0.6) is 0 Å². The molecule has 3 aliphatic rings. The first kappa shape index (κ1) is 38.4. The summed E-state index contributed by atoms with van der Waals surface area (Å²) in [6.45, 7) is 10.1. The number of aromatic nitrogens is 1. The van der Waals surface area contributed by atoms with Gasteiger partial charge in [0.2, 0.25) is 0 Å². The first-order valence-electron chi connectivity index (χ1n) is 16.7. The van der Waals surface area contributed by atoms with Crippen molar-refractivity contribution in [2.45, 2.75) is 109 Å². The van der Waals surface area contributed by atoms with Crippen molar-refractivity contribution >= 4 is 35.8 Å². The summed E-state index contributed by atoms with van der Waals surface area (Å²) in [6, 6.07) is 4.19. The third kappa shape index (κ3) is 6.42. The summed E-state index contributed by atoms with van der Waals surface area (Å²) in [4.78, 5) is 84.0. The van der Waals surface area contributed by atoms with E-state index in [0.717, 1.165) is 27.0 Å². The highest BCUT2D eigenvalue weighted by Gasteiger charge is 2.89. The Labute approximate surface area is 299 Å². The fraction of sp³-hybridized carbons (Fsp3) is 0.583. The molecule has 1 N–H and O–H groups in total. The molecule has 0 unspecified atom stereocenters. The molecule has 9 atom stereocenters. The van der Waals surface area contributed by atoms with E-state index >= 15 is 0 Å². The lowest BCUT2D eigenvalue weighted by Gasteiger charge is -2.66. The molecule has 52 heavy (non-hydrogen) atoms. The van der Waals surface area contributed by atoms with Gasteiger partial charge in [-0.1, -0.05) is 13.8 Å². The van der Waals surface area contributed by atoms with Crippen molar-refractivity contribution in [3.05, 3.63) is 54.2 Å². The lowest BCUT2D eigenvalue weighted by molar-refractivity contribution is -0.362. The van der Waals surface area contributed by atoms with Crippen molar-refractivity contribution in [1.29, 1.82) is 0 Å². The number of hydrogen-bond acceptors (Lipinski definition) is 16. The Balaban J connectivity index is 1.92. The first-order valence-corrected chi connectivity index (χ1v) is 16.7. The summed E-state index contributed by atoms with van der Waals surface area (Å²) in [5.41, 5.74) is -8.50. The van der Waals surface area contributed by atoms with E-state index in [4.69, 9.17) is 37.6 Å². The van der Waals surface area contributed by atoms with E-state index in [9.17, 15) is 33.9 Å². The van der Waals surface area contributed by atoms with Gasteiger partial charge in [-0.15, -0.1) is 0 Å². The number of nitrogens with zero attached hydrogens (tertiary/aromatic N) is 1. The van der Waals surface area contributed by atoms with Crippen molar-refractivity contribution in [2.24, 2.45) is 17.3 Å². The molecule has 282 valence electrons. The van der Waals surface area contributed by atoms with Crippen molar-refractivity contribution in [3.8, 4) is 0 Å². The number of rotatable bonds is 10. The zero-order valence-electron chi connectivity index (χ0n) is 30.1. The molecule has 1 spiro atoms. The van der Waals surface area contributed by atoms with Gasteiger partial charge in [0, 0.05) is 39.6 Å². The second kappa shape index (κ2) is 14.0. The molecule has 16 nitrogen and oxygen atoms in total. The highest BCUT2D eigenvalue weighted by molar-refractivity contribution is 5.90. The highest BCUT2D eigenvalue weighted by atomic mass is 16.7. The number of carbonyl (C=O) groups is 6. The lowest BCUT2D eigenvalue weighted by Crippen LogP contribution is -2.85. The molecular formula is C36H43NO15. The molecule has 0 amide bonds. The van der Waals surface area contributed by atoms with Gasteiger partial charge >= 0.3 is 35.8 Å². The highest BCUT2D eigenvalue weighted by Crippen LogP contribution is 2.69. The zero-order valence-corrected chi connectivity index (χ0v) is 30.1. The van der Waals surface area contributed by atoms with Gasteiger partial charge < -0.3 is 42.7 Å². The number of fused-ring (bicyclic) bond motifs is 1. The summed E-state index contributed by atoms with van der Waals surface area (Å²) in [5, 5.41) is 12.8. The smallest absolute Gasteiger partial charge is 0.341 e. The second-order valence-corrected chi connectivity index (χ2v) is 14.4. The Morgan fingerprint density at radius 2 is 1.50 bits per heavy atom. The standard InChI is InChI=1S/C36H43NO15/c1-18(2)30(41)46-17-35-27(50-31(42)22-10-9-12-37-15-22)24(47-19(3)38)14-34(8,44)36(35)28(49-21(5)40)25(33(6,7)52-36)26(48-20(4)39)29(35)51-32(43)23-11-13-45-16-23/h9-13,15-16,18,24-29,44H,14,17H2,1-8H3/t24-,25+,26+,27+,28+,29-,34-,35+,36-/m0/s1. The molecule has 2 saturated carbocycles. The van der Waals surface area contributed by atoms with Crippen molar-refractivity contribution in [1.82, 2.24) is 4.98 Å². The van der Waals surface area contributed by atoms with Crippen molar-refractivity contribution in [2.75, 3.05) is 6.61 Å². The van der Waals surface area contributed by atoms with Crippen LogP contribution in [-0.4, -0.2) is 99.8 Å². The van der Waals surface area contributed by atoms with E-state index in [2.05, 4.69) is 4.98 Å². The Kier molecular flexibility index (Phi) is 10.3. The fourth-order valence-electron chi connectivity index (χ4n) is 8.24. The number of ether oxygens (including phenoxy) is 7. The maximum atomic E-state index is 14.0. The summed E-state index contributed by atoms with van der Waals surface area (Å²) < 4.78 is 48.2. The molecule has 5 rings (SSSR count). The van der Waals surface area contributed by atoms with Crippen LogP contribution in [0.15, 0.2) is 47.5 Å². The third-order valence-corrected chi connectivity index (χ3v) is 10.0. The summed E-state index contributed by atoms with van der Waals surface area (Å²) in [7, 11) is 0. The molecule has 3 fully saturated rings. The number of aliphatic hydroxyl groups is 1. The Bertz CT molecular complexity index is 1700. The van der Waals surface area contributed by atoms with Crippen LogP contribution in [0, 0.1) is 17.3 Å². The van der Waals surface area contributed by atoms with Crippen LogP contribution in [0.4, 0.5) is 0 Å². The molecule has 2 aromatic rings. The largest absolute Gasteiger partial charge is 0.472 e. The van der Waals surface area contributed by atoms with Gasteiger partial charge in [-0.2, -0.15) is 0 Å². The van der Waals surface area contributed by atoms with E-state index in [1.807, 2.05) is 0 Å². The van der Waals surface area contributed by atoms with E-state index in [0.29, 0.717) is 0 Å². The van der Waals surface area contributed by atoms with Gasteiger partial charge in [-0.3, -0.25) is 24.2 Å². The molecule has 1 saturated heterocycles. The molecule has 1 aliphatic heterocycles. The SMILES string of the molecule is CC(=O)O[C@@H]1[C@@H]2[C@@H](OC(C)=O)[C@@]3(OC2(C)C)[C@](COC(=O)C(C)C)([C@H](OC(=O)c2cccnc2)[C@@H](OC(C)=O)C[C@]3(C)O)[C@H]1OC(=O)c1ccoc1. The summed E-state index contributed by atoms with van der Waals surface area (Å²) >= 11 is 0. The minimum atomic E-state index is -2.37. The number of esters is 6. The van der Waals surface area contributed by atoms with Gasteiger partial charge in [0.1, 0.15) is 36.6 Å². The van der Waals surface area contributed by atoms with Gasteiger partial charge in [0.15, 0.2) is 17.8 Å².